The molecule has 0 N–H and O–H groups in total. The molecule has 1 fully saturated rings. The lowest BCUT2D eigenvalue weighted by atomic mass is 9.99. The van der Waals surface area contributed by atoms with Gasteiger partial charge in [0.2, 0.25) is 10.0 Å². The number of hydrogen-bond acceptors (Lipinski definition) is 3. The zero-order chi connectivity index (χ0) is 8.65. The van der Waals surface area contributed by atoms with Crippen LogP contribution in [0.2, 0.25) is 0 Å². The molecule has 0 bridgehead atoms. The summed E-state index contributed by atoms with van der Waals surface area (Å²) in [5.74, 6) is 0. The highest BCUT2D eigenvalue weighted by atomic mass is 32.2. The van der Waals surface area contributed by atoms with E-state index in [0.717, 1.165) is 0 Å². The molecule has 0 radical (unpaired) electrons. The number of rotatable bonds is 2. The van der Waals surface area contributed by atoms with Gasteiger partial charge in [0.25, 0.3) is 0 Å². The van der Waals surface area contributed by atoms with Crippen molar-refractivity contribution in [2.45, 2.75) is 23.3 Å². The Bertz CT molecular complexity index is 229. The third-order valence-electron chi connectivity index (χ3n) is 2.00. The van der Waals surface area contributed by atoms with Crippen molar-refractivity contribution >= 4 is 22.7 Å². The average Bonchev–Trinajstić information content (AvgIpc) is 1.80. The summed E-state index contributed by atoms with van der Waals surface area (Å²) in [4.78, 5) is 0. The summed E-state index contributed by atoms with van der Waals surface area (Å²) in [7, 11) is 0.153. The zero-order valence-corrected chi connectivity index (χ0v) is 8.40. The summed E-state index contributed by atoms with van der Waals surface area (Å²) < 4.78 is 24.0. The molecule has 0 aliphatic heterocycles. The fourth-order valence-corrected chi connectivity index (χ4v) is 3.42. The van der Waals surface area contributed by atoms with Gasteiger partial charge in [-0.05, 0) is 12.8 Å². The quantitative estimate of drug-likeness (QED) is 0.645. The van der Waals surface area contributed by atoms with E-state index in [1.165, 1.54) is 4.31 Å². The molecule has 1 saturated carbocycles. The van der Waals surface area contributed by atoms with Crippen molar-refractivity contribution in [1.29, 1.82) is 0 Å². The largest absolute Gasteiger partial charge is 0.216 e. The molecule has 0 aromatic carbocycles. The molecule has 0 aromatic heterocycles. The molecule has 66 valence electrons. The second-order valence-corrected chi connectivity index (χ2v) is 6.23. The Morgan fingerprint density at radius 3 is 2.09 bits per heavy atom. The number of nitrogens with zero attached hydrogens (tertiary/aromatic N) is 1. The molecule has 0 unspecified atom stereocenters. The van der Waals surface area contributed by atoms with Gasteiger partial charge in [-0.15, -0.1) is 0 Å². The minimum Gasteiger partial charge on any atom is -0.212 e. The number of sulfonamides is 1. The molecule has 0 aromatic rings. The molecule has 5 heteroatoms. The molecule has 0 heterocycles. The SMILES string of the molecule is CN(C)S(=O)(=O)C1CC(S)C1. The van der Waals surface area contributed by atoms with Crippen molar-refractivity contribution in [3.63, 3.8) is 0 Å². The van der Waals surface area contributed by atoms with Crippen LogP contribution in [-0.4, -0.2) is 37.3 Å². The Morgan fingerprint density at radius 1 is 1.36 bits per heavy atom. The predicted molar refractivity (Wildman–Crippen MR) is 48.4 cm³/mol. The van der Waals surface area contributed by atoms with Gasteiger partial charge < -0.3 is 0 Å². The first kappa shape index (κ1) is 9.35. The van der Waals surface area contributed by atoms with E-state index in [9.17, 15) is 8.42 Å². The van der Waals surface area contributed by atoms with Gasteiger partial charge in [-0.25, -0.2) is 12.7 Å². The van der Waals surface area contributed by atoms with Crippen LogP contribution in [0.5, 0.6) is 0 Å². The van der Waals surface area contributed by atoms with Gasteiger partial charge in [-0.3, -0.25) is 0 Å². The van der Waals surface area contributed by atoms with Crippen molar-refractivity contribution in [2.24, 2.45) is 0 Å². The highest BCUT2D eigenvalue weighted by Crippen LogP contribution is 2.31. The predicted octanol–water partition coefficient (Wildman–Crippen LogP) is 0.339. The highest BCUT2D eigenvalue weighted by Gasteiger charge is 2.37. The van der Waals surface area contributed by atoms with Crippen molar-refractivity contribution in [2.75, 3.05) is 14.1 Å². The third-order valence-corrected chi connectivity index (χ3v) is 4.67. The Kier molecular flexibility index (Phi) is 2.51. The van der Waals surface area contributed by atoms with Gasteiger partial charge in [0.05, 0.1) is 5.25 Å². The second kappa shape index (κ2) is 2.95. The zero-order valence-electron chi connectivity index (χ0n) is 6.69. The molecule has 3 nitrogen and oxygen atoms in total. The Balaban J connectivity index is 2.62. The lowest BCUT2D eigenvalue weighted by Crippen LogP contribution is -2.42. The van der Waals surface area contributed by atoms with Gasteiger partial charge in [-0.1, -0.05) is 0 Å². The molecule has 0 saturated heterocycles. The van der Waals surface area contributed by atoms with Gasteiger partial charge >= 0.3 is 0 Å². The standard InChI is InChI=1S/C6H13NO2S2/c1-7(2)11(8,9)6-3-5(10)4-6/h5-6,10H,3-4H2,1-2H3. The van der Waals surface area contributed by atoms with Crippen LogP contribution < -0.4 is 0 Å². The topological polar surface area (TPSA) is 37.4 Å². The number of hydrogen-bond donors (Lipinski definition) is 1. The van der Waals surface area contributed by atoms with Crippen LogP contribution in [0.15, 0.2) is 0 Å². The van der Waals surface area contributed by atoms with Gasteiger partial charge in [-0.2, -0.15) is 12.6 Å². The molecule has 11 heavy (non-hydrogen) atoms. The monoisotopic (exact) mass is 195 g/mol. The van der Waals surface area contributed by atoms with Gasteiger partial charge in [0.1, 0.15) is 0 Å². The lowest BCUT2D eigenvalue weighted by molar-refractivity contribution is 0.448. The summed E-state index contributed by atoms with van der Waals surface area (Å²) in [5, 5.41) is 0.106. The van der Waals surface area contributed by atoms with Gasteiger partial charge in [0.15, 0.2) is 0 Å². The molecular weight excluding hydrogens is 182 g/mol. The molecule has 0 spiro atoms. The molecule has 1 aliphatic carbocycles. The first-order chi connectivity index (χ1) is 4.94. The van der Waals surface area contributed by atoms with Crippen LogP contribution in [0.3, 0.4) is 0 Å². The van der Waals surface area contributed by atoms with Gasteiger partial charge in [0, 0.05) is 19.3 Å². The van der Waals surface area contributed by atoms with Crippen molar-refractivity contribution in [1.82, 2.24) is 4.31 Å². The van der Waals surface area contributed by atoms with E-state index in [1.54, 1.807) is 14.1 Å². The van der Waals surface area contributed by atoms with Crippen LogP contribution in [0, 0.1) is 0 Å². The van der Waals surface area contributed by atoms with E-state index in [0.29, 0.717) is 12.8 Å². The summed E-state index contributed by atoms with van der Waals surface area (Å²) >= 11 is 4.16. The first-order valence-corrected chi connectivity index (χ1v) is 5.56. The van der Waals surface area contributed by atoms with Crippen LogP contribution in [0.4, 0.5) is 0 Å². The summed E-state index contributed by atoms with van der Waals surface area (Å²) in [5.41, 5.74) is 0. The Morgan fingerprint density at radius 2 is 1.82 bits per heavy atom. The molecule has 0 atom stereocenters. The fourth-order valence-electron chi connectivity index (χ4n) is 1.08. The van der Waals surface area contributed by atoms with E-state index in [1.807, 2.05) is 0 Å². The van der Waals surface area contributed by atoms with E-state index in [-0.39, 0.29) is 10.5 Å². The van der Waals surface area contributed by atoms with Crippen molar-refractivity contribution in [3.8, 4) is 0 Å². The first-order valence-electron chi connectivity index (χ1n) is 3.54. The molecular formula is C6H13NO2S2. The number of thiol groups is 1. The van der Waals surface area contributed by atoms with Crippen molar-refractivity contribution < 1.29 is 8.42 Å². The van der Waals surface area contributed by atoms with E-state index < -0.39 is 10.0 Å². The van der Waals surface area contributed by atoms with E-state index in [2.05, 4.69) is 12.6 Å². The second-order valence-electron chi connectivity index (χ2n) is 3.07. The fraction of sp³-hybridized carbons (Fsp3) is 1.00. The third kappa shape index (κ3) is 1.71. The summed E-state index contributed by atoms with van der Waals surface area (Å²) in [6, 6.07) is 0. The molecule has 1 aliphatic rings. The maximum absolute atomic E-state index is 11.4. The maximum atomic E-state index is 11.4. The van der Waals surface area contributed by atoms with Crippen molar-refractivity contribution in [3.05, 3.63) is 0 Å². The lowest BCUT2D eigenvalue weighted by Gasteiger charge is -2.33. The Hall–Kier alpha value is 0.260. The Labute approximate surface area is 73.2 Å². The maximum Gasteiger partial charge on any atom is 0.216 e. The normalized spacial score (nSPS) is 32.0. The average molecular weight is 195 g/mol. The molecule has 0 amide bonds. The van der Waals surface area contributed by atoms with Crippen LogP contribution in [0.25, 0.3) is 0 Å². The van der Waals surface area contributed by atoms with Crippen LogP contribution >= 0.6 is 12.6 Å². The van der Waals surface area contributed by atoms with E-state index in [4.69, 9.17) is 0 Å². The minimum absolute atomic E-state index is 0.181. The van der Waals surface area contributed by atoms with Crippen LogP contribution in [-0.2, 0) is 10.0 Å². The summed E-state index contributed by atoms with van der Waals surface area (Å²) in [6.45, 7) is 0. The van der Waals surface area contributed by atoms with E-state index >= 15 is 0 Å². The highest BCUT2D eigenvalue weighted by molar-refractivity contribution is 7.90. The minimum atomic E-state index is -2.99. The van der Waals surface area contributed by atoms with Crippen LogP contribution in [0.1, 0.15) is 12.8 Å². The summed E-state index contributed by atoms with van der Waals surface area (Å²) in [6.07, 6.45) is 1.40. The smallest absolute Gasteiger partial charge is 0.212 e. The molecule has 1 rings (SSSR count).